The minimum Gasteiger partial charge on any atom is -0.481 e. The zero-order valence-electron chi connectivity index (χ0n) is 13.2. The van der Waals surface area contributed by atoms with Crippen LogP contribution >= 0.6 is 0 Å². The lowest BCUT2D eigenvalue weighted by molar-refractivity contribution is -0.137. The van der Waals surface area contributed by atoms with Crippen LogP contribution in [0.3, 0.4) is 0 Å². The second-order valence-electron chi connectivity index (χ2n) is 5.39. The van der Waals surface area contributed by atoms with Gasteiger partial charge in [0, 0.05) is 6.42 Å². The van der Waals surface area contributed by atoms with Crippen LogP contribution in [0.2, 0.25) is 0 Å². The molecule has 0 radical (unpaired) electrons. The van der Waals surface area contributed by atoms with Gasteiger partial charge in [-0.1, -0.05) is 69.2 Å². The molecule has 0 aliphatic carbocycles. The first-order valence-corrected chi connectivity index (χ1v) is 8.25. The number of unbranched alkanes of at least 4 members (excludes halogenated alkanes) is 9. The summed E-state index contributed by atoms with van der Waals surface area (Å²) in [5, 5.41) is 8.51. The Morgan fingerprint density at radius 3 is 1.90 bits per heavy atom. The van der Waals surface area contributed by atoms with Crippen molar-refractivity contribution in [1.29, 1.82) is 0 Å². The van der Waals surface area contributed by atoms with Crippen LogP contribution in [-0.2, 0) is 4.79 Å². The Hall–Kier alpha value is -1.05. The van der Waals surface area contributed by atoms with Gasteiger partial charge in [0.2, 0.25) is 0 Å². The van der Waals surface area contributed by atoms with Gasteiger partial charge in [-0.25, -0.2) is 0 Å². The Balaban J connectivity index is 3.06. The lowest BCUT2D eigenvalue weighted by Crippen LogP contribution is -1.93. The maximum Gasteiger partial charge on any atom is 0.303 e. The van der Waals surface area contributed by atoms with Crippen LogP contribution in [0.1, 0.15) is 84.0 Å². The Kier molecular flexibility index (Phi) is 15.2. The molecule has 0 rings (SSSR count). The molecule has 2 heteroatoms. The largest absolute Gasteiger partial charge is 0.481 e. The number of carboxylic acids is 1. The van der Waals surface area contributed by atoms with Crippen LogP contribution in [0.4, 0.5) is 0 Å². The molecule has 1 N–H and O–H groups in total. The standard InChI is InChI=1S/C18H32O2/c1-2-3-4-5-6-7-8-9-10-11-12-13-14-15-16-17-18(19)20/h2-3,5-6H,4,7-17H2,1H3,(H,19,20)/b3-2+,6-5-. The highest BCUT2D eigenvalue weighted by Gasteiger charge is 1.96. The summed E-state index contributed by atoms with van der Waals surface area (Å²) in [6.45, 7) is 2.06. The van der Waals surface area contributed by atoms with Crippen LogP contribution in [0, 0.1) is 0 Å². The zero-order chi connectivity index (χ0) is 14.9. The molecule has 0 aliphatic rings. The van der Waals surface area contributed by atoms with Crippen molar-refractivity contribution in [3.63, 3.8) is 0 Å². The minimum absolute atomic E-state index is 0.335. The lowest BCUT2D eigenvalue weighted by Gasteiger charge is -2.01. The van der Waals surface area contributed by atoms with E-state index in [0.717, 1.165) is 19.3 Å². The molecule has 0 aromatic rings. The molecule has 0 bridgehead atoms. The minimum atomic E-state index is -0.662. The van der Waals surface area contributed by atoms with E-state index < -0.39 is 5.97 Å². The number of allylic oxidation sites excluding steroid dienone is 4. The summed E-state index contributed by atoms with van der Waals surface area (Å²) in [7, 11) is 0. The number of aliphatic carboxylic acids is 1. The van der Waals surface area contributed by atoms with Crippen LogP contribution in [-0.4, -0.2) is 11.1 Å². The average Bonchev–Trinajstić information content (AvgIpc) is 2.43. The highest BCUT2D eigenvalue weighted by Crippen LogP contribution is 2.11. The van der Waals surface area contributed by atoms with Crippen molar-refractivity contribution in [1.82, 2.24) is 0 Å². The molecule has 0 heterocycles. The molecule has 0 amide bonds. The highest BCUT2D eigenvalue weighted by molar-refractivity contribution is 5.66. The summed E-state index contributed by atoms with van der Waals surface area (Å²) in [6, 6.07) is 0. The van der Waals surface area contributed by atoms with E-state index in [1.807, 2.05) is 0 Å². The van der Waals surface area contributed by atoms with E-state index in [2.05, 4.69) is 31.2 Å². The van der Waals surface area contributed by atoms with E-state index in [1.165, 1.54) is 51.4 Å². The summed E-state index contributed by atoms with van der Waals surface area (Å²) in [4.78, 5) is 10.3. The summed E-state index contributed by atoms with van der Waals surface area (Å²) in [5.74, 6) is -0.662. The van der Waals surface area contributed by atoms with Gasteiger partial charge in [-0.2, -0.15) is 0 Å². The third-order valence-electron chi connectivity index (χ3n) is 3.44. The van der Waals surface area contributed by atoms with Gasteiger partial charge in [0.15, 0.2) is 0 Å². The fraction of sp³-hybridized carbons (Fsp3) is 0.722. The first-order chi connectivity index (χ1) is 9.77. The molecule has 0 unspecified atom stereocenters. The van der Waals surface area contributed by atoms with Crippen molar-refractivity contribution in [3.8, 4) is 0 Å². The third kappa shape index (κ3) is 16.9. The second kappa shape index (κ2) is 16.0. The lowest BCUT2D eigenvalue weighted by atomic mass is 10.1. The van der Waals surface area contributed by atoms with Crippen molar-refractivity contribution in [3.05, 3.63) is 24.3 Å². The smallest absolute Gasteiger partial charge is 0.303 e. The molecule has 2 nitrogen and oxygen atoms in total. The number of rotatable bonds is 14. The zero-order valence-corrected chi connectivity index (χ0v) is 13.2. The van der Waals surface area contributed by atoms with Gasteiger partial charge in [0.1, 0.15) is 0 Å². The molecule has 0 aromatic carbocycles. The third-order valence-corrected chi connectivity index (χ3v) is 3.44. The predicted octanol–water partition coefficient (Wildman–Crippen LogP) is 5.88. The van der Waals surface area contributed by atoms with Crippen molar-refractivity contribution >= 4 is 5.97 Å². The predicted molar refractivity (Wildman–Crippen MR) is 87.0 cm³/mol. The molecule has 20 heavy (non-hydrogen) atoms. The summed E-state index contributed by atoms with van der Waals surface area (Å²) in [6.07, 6.45) is 22.4. The SMILES string of the molecule is C/C=C/C/C=C\CCCCCCCCCCCC(=O)O. The summed E-state index contributed by atoms with van der Waals surface area (Å²) >= 11 is 0. The molecule has 0 aromatic heterocycles. The molecule has 0 atom stereocenters. The Morgan fingerprint density at radius 1 is 0.800 bits per heavy atom. The molecule has 0 spiro atoms. The number of hydrogen-bond acceptors (Lipinski definition) is 1. The molecule has 0 saturated heterocycles. The quantitative estimate of drug-likeness (QED) is 0.318. The fourth-order valence-corrected chi connectivity index (χ4v) is 2.20. The van der Waals surface area contributed by atoms with Crippen molar-refractivity contribution < 1.29 is 9.90 Å². The number of carbonyl (C=O) groups is 1. The summed E-state index contributed by atoms with van der Waals surface area (Å²) < 4.78 is 0. The monoisotopic (exact) mass is 280 g/mol. The normalized spacial score (nSPS) is 11.7. The van der Waals surface area contributed by atoms with E-state index in [9.17, 15) is 4.79 Å². The van der Waals surface area contributed by atoms with Crippen LogP contribution in [0.25, 0.3) is 0 Å². The Labute approximate surface area is 125 Å². The van der Waals surface area contributed by atoms with E-state index in [1.54, 1.807) is 0 Å². The molecule has 0 fully saturated rings. The van der Waals surface area contributed by atoms with Gasteiger partial charge in [0.25, 0.3) is 0 Å². The van der Waals surface area contributed by atoms with Crippen LogP contribution in [0.15, 0.2) is 24.3 Å². The van der Waals surface area contributed by atoms with Gasteiger partial charge < -0.3 is 5.11 Å². The first kappa shape index (κ1) is 18.9. The number of carboxylic acid groups (broad SMARTS) is 1. The van der Waals surface area contributed by atoms with Gasteiger partial charge in [-0.05, 0) is 32.6 Å². The van der Waals surface area contributed by atoms with Crippen molar-refractivity contribution in [2.75, 3.05) is 0 Å². The maximum atomic E-state index is 10.3. The van der Waals surface area contributed by atoms with E-state index in [-0.39, 0.29) is 0 Å². The molecule has 116 valence electrons. The van der Waals surface area contributed by atoms with Crippen molar-refractivity contribution in [2.45, 2.75) is 84.0 Å². The van der Waals surface area contributed by atoms with Crippen LogP contribution in [0.5, 0.6) is 0 Å². The van der Waals surface area contributed by atoms with Gasteiger partial charge in [0.05, 0.1) is 0 Å². The first-order valence-electron chi connectivity index (χ1n) is 8.25. The van der Waals surface area contributed by atoms with E-state index in [4.69, 9.17) is 5.11 Å². The van der Waals surface area contributed by atoms with Gasteiger partial charge >= 0.3 is 5.97 Å². The van der Waals surface area contributed by atoms with E-state index in [0.29, 0.717) is 6.42 Å². The van der Waals surface area contributed by atoms with Gasteiger partial charge in [-0.15, -0.1) is 0 Å². The topological polar surface area (TPSA) is 37.3 Å². The summed E-state index contributed by atoms with van der Waals surface area (Å²) in [5.41, 5.74) is 0. The fourth-order valence-electron chi connectivity index (χ4n) is 2.20. The molecule has 0 aliphatic heterocycles. The molecular weight excluding hydrogens is 248 g/mol. The van der Waals surface area contributed by atoms with Crippen LogP contribution < -0.4 is 0 Å². The van der Waals surface area contributed by atoms with E-state index >= 15 is 0 Å². The van der Waals surface area contributed by atoms with Crippen molar-refractivity contribution in [2.24, 2.45) is 0 Å². The molecular formula is C18H32O2. The maximum absolute atomic E-state index is 10.3. The Morgan fingerprint density at radius 2 is 1.35 bits per heavy atom. The highest BCUT2D eigenvalue weighted by atomic mass is 16.4. The number of hydrogen-bond donors (Lipinski definition) is 1. The second-order valence-corrected chi connectivity index (χ2v) is 5.39. The molecule has 0 saturated carbocycles. The Bertz CT molecular complexity index is 267. The van der Waals surface area contributed by atoms with Gasteiger partial charge in [-0.3, -0.25) is 4.79 Å². The average molecular weight is 280 g/mol.